The molecule has 2 saturated heterocycles. The molecule has 3 unspecified atom stereocenters. The Morgan fingerprint density at radius 2 is 1.54 bits per heavy atom. The number of hydrogen-bond donors (Lipinski definition) is 2. The number of nitrogens with zero attached hydrogens (tertiary/aromatic N) is 1. The molecular weight excluding hydrogens is 708 g/mol. The lowest BCUT2D eigenvalue weighted by atomic mass is 9.94. The van der Waals surface area contributed by atoms with Crippen LogP contribution in [-0.4, -0.2) is 61.2 Å². The van der Waals surface area contributed by atoms with Crippen molar-refractivity contribution < 1.29 is 36.3 Å². The maximum Gasteiger partial charge on any atom is 0.407 e. The topological polar surface area (TPSA) is 114 Å². The van der Waals surface area contributed by atoms with Gasteiger partial charge in [0, 0.05) is 28.2 Å². The number of alkyl halides is 2. The van der Waals surface area contributed by atoms with Crippen molar-refractivity contribution >= 4 is 48.7 Å². The van der Waals surface area contributed by atoms with Crippen molar-refractivity contribution in [3.05, 3.63) is 70.7 Å². The summed E-state index contributed by atoms with van der Waals surface area (Å²) < 4.78 is 74.5. The minimum Gasteiger partial charge on any atom is -0.490 e. The molecule has 2 aliphatic heterocycles. The molecule has 258 valence electrons. The number of hydrogen-bond acceptors (Lipinski definition) is 6. The van der Waals surface area contributed by atoms with Gasteiger partial charge in [-0.25, -0.2) is 13.2 Å². The van der Waals surface area contributed by atoms with Crippen LogP contribution in [0.2, 0.25) is 0 Å². The average molecular weight is 749 g/mol. The van der Waals surface area contributed by atoms with Crippen LogP contribution < -0.4 is 14.8 Å². The summed E-state index contributed by atoms with van der Waals surface area (Å²) in [5, 5.41) is 4.16. The smallest absolute Gasteiger partial charge is 0.407 e. The van der Waals surface area contributed by atoms with Crippen LogP contribution in [0.3, 0.4) is 0 Å². The number of alkyl carbamates (subject to hydrolysis) is 1. The van der Waals surface area contributed by atoms with Gasteiger partial charge in [0.2, 0.25) is 15.9 Å². The molecular formula is C35H40BrF2N3O6S. The number of halogens is 3. The van der Waals surface area contributed by atoms with Crippen molar-refractivity contribution in [3.8, 4) is 5.75 Å². The quantitative estimate of drug-likeness (QED) is 0.243. The standard InChI is InChI=1S/C35H40BrF2N3O6S/c1-34(2,3)47-33(43)39-25-19-26-13-14-27(20-25)41(26)32(42)31(35(37,38)23-9-11-24(36)12-10-23)40-48(44,45)30-16-8-21-17-29(15-7-22(21)18-30)46-28-5-4-6-28/h7-12,15-18,25-28,31,40H,4-6,13-14,19-20H2,1-3H3,(H,39,43). The molecule has 0 radical (unpaired) electrons. The summed E-state index contributed by atoms with van der Waals surface area (Å²) in [6.45, 7) is 5.26. The van der Waals surface area contributed by atoms with Gasteiger partial charge in [0.25, 0.3) is 5.92 Å². The third kappa shape index (κ3) is 7.47. The minimum atomic E-state index is -4.61. The Balaban J connectivity index is 1.26. The molecule has 2 bridgehead atoms. The normalized spacial score (nSPS) is 22.2. The predicted molar refractivity (Wildman–Crippen MR) is 180 cm³/mol. The van der Waals surface area contributed by atoms with E-state index in [-0.39, 0.29) is 17.0 Å². The number of amides is 2. The van der Waals surface area contributed by atoms with E-state index < -0.39 is 57.2 Å². The molecule has 48 heavy (non-hydrogen) atoms. The Kier molecular flexibility index (Phi) is 9.51. The first-order valence-electron chi connectivity index (χ1n) is 16.3. The van der Waals surface area contributed by atoms with E-state index in [1.54, 1.807) is 39.0 Å². The van der Waals surface area contributed by atoms with E-state index >= 15 is 8.78 Å². The second-order valence-electron chi connectivity index (χ2n) is 14.0. The van der Waals surface area contributed by atoms with Gasteiger partial charge in [0.1, 0.15) is 11.4 Å². The molecule has 0 aromatic heterocycles. The highest BCUT2D eigenvalue weighted by Gasteiger charge is 2.54. The third-order valence-corrected chi connectivity index (χ3v) is 11.2. The first-order valence-corrected chi connectivity index (χ1v) is 18.5. The highest BCUT2D eigenvalue weighted by atomic mass is 79.9. The van der Waals surface area contributed by atoms with E-state index in [1.165, 1.54) is 41.3 Å². The molecule has 0 spiro atoms. The Labute approximate surface area is 287 Å². The average Bonchev–Trinajstić information content (AvgIpc) is 3.26. The van der Waals surface area contributed by atoms with Crippen LogP contribution in [0, 0.1) is 0 Å². The van der Waals surface area contributed by atoms with Gasteiger partial charge in [-0.2, -0.15) is 13.5 Å². The number of rotatable bonds is 9. The summed E-state index contributed by atoms with van der Waals surface area (Å²) in [6, 6.07) is 11.2. The molecule has 2 N–H and O–H groups in total. The van der Waals surface area contributed by atoms with Crippen molar-refractivity contribution in [2.75, 3.05) is 0 Å². The largest absolute Gasteiger partial charge is 0.490 e. The number of fused-ring (bicyclic) bond motifs is 3. The van der Waals surface area contributed by atoms with Crippen LogP contribution in [0.5, 0.6) is 5.75 Å². The lowest BCUT2D eigenvalue weighted by molar-refractivity contribution is -0.149. The van der Waals surface area contributed by atoms with E-state index in [4.69, 9.17) is 9.47 Å². The van der Waals surface area contributed by atoms with E-state index in [0.29, 0.717) is 41.3 Å². The molecule has 1 saturated carbocycles. The highest BCUT2D eigenvalue weighted by molar-refractivity contribution is 9.10. The molecule has 3 aromatic rings. The van der Waals surface area contributed by atoms with E-state index in [9.17, 15) is 18.0 Å². The van der Waals surface area contributed by atoms with Crippen molar-refractivity contribution in [2.24, 2.45) is 0 Å². The molecule has 3 aliphatic rings. The lowest BCUT2D eigenvalue weighted by Gasteiger charge is -2.42. The summed E-state index contributed by atoms with van der Waals surface area (Å²) in [6.07, 6.45) is 4.47. The van der Waals surface area contributed by atoms with Crippen molar-refractivity contribution in [1.82, 2.24) is 14.9 Å². The number of carbonyl (C=O) groups is 2. The molecule has 3 aromatic carbocycles. The maximum absolute atomic E-state index is 16.4. The molecule has 2 heterocycles. The van der Waals surface area contributed by atoms with Gasteiger partial charge in [-0.15, -0.1) is 0 Å². The zero-order chi connectivity index (χ0) is 34.4. The number of piperidine rings is 1. The minimum absolute atomic E-state index is 0.176. The Hall–Kier alpha value is -3.29. The fourth-order valence-corrected chi connectivity index (χ4v) is 8.23. The molecule has 2 amide bonds. The Morgan fingerprint density at radius 1 is 0.917 bits per heavy atom. The van der Waals surface area contributed by atoms with Crippen molar-refractivity contribution in [2.45, 2.75) is 112 Å². The number of carbonyl (C=O) groups excluding carboxylic acids is 2. The number of benzene rings is 3. The van der Waals surface area contributed by atoms with Gasteiger partial charge >= 0.3 is 6.09 Å². The molecule has 13 heteroatoms. The third-order valence-electron chi connectivity index (χ3n) is 9.27. The highest BCUT2D eigenvalue weighted by Crippen LogP contribution is 2.41. The molecule has 3 fully saturated rings. The van der Waals surface area contributed by atoms with E-state index in [2.05, 4.69) is 26.0 Å². The molecule has 6 rings (SSSR count). The van der Waals surface area contributed by atoms with E-state index in [1.807, 2.05) is 6.07 Å². The monoisotopic (exact) mass is 747 g/mol. The zero-order valence-electron chi connectivity index (χ0n) is 27.0. The fraction of sp³-hybridized carbons (Fsp3) is 0.486. The Morgan fingerprint density at radius 3 is 2.15 bits per heavy atom. The second-order valence-corrected chi connectivity index (χ2v) is 16.6. The van der Waals surface area contributed by atoms with Gasteiger partial charge in [0.05, 0.1) is 11.0 Å². The van der Waals surface area contributed by atoms with Crippen LogP contribution >= 0.6 is 15.9 Å². The van der Waals surface area contributed by atoms with Crippen molar-refractivity contribution in [3.63, 3.8) is 0 Å². The summed E-state index contributed by atoms with van der Waals surface area (Å²) in [7, 11) is -4.61. The SMILES string of the molecule is CC(C)(C)OC(=O)NC1CC2CCC(C1)N2C(=O)C(NS(=O)(=O)c1ccc2cc(OC3CCC3)ccc2c1)C(F)(F)c1ccc(Br)cc1. The number of ether oxygens (including phenoxy) is 2. The molecule has 3 atom stereocenters. The van der Waals surface area contributed by atoms with Crippen LogP contribution in [0.25, 0.3) is 10.8 Å². The molecule has 9 nitrogen and oxygen atoms in total. The summed E-state index contributed by atoms with van der Waals surface area (Å²) in [4.78, 5) is 27.8. The predicted octanol–water partition coefficient (Wildman–Crippen LogP) is 7.02. The van der Waals surface area contributed by atoms with Gasteiger partial charge in [-0.1, -0.05) is 40.2 Å². The summed E-state index contributed by atoms with van der Waals surface area (Å²) >= 11 is 3.25. The first kappa shape index (κ1) is 34.6. The number of sulfonamides is 1. The maximum atomic E-state index is 16.4. The first-order chi connectivity index (χ1) is 22.6. The van der Waals surface area contributed by atoms with Crippen LogP contribution in [-0.2, 0) is 25.5 Å². The van der Waals surface area contributed by atoms with Gasteiger partial charge in [0.15, 0.2) is 6.04 Å². The van der Waals surface area contributed by atoms with Gasteiger partial charge in [-0.3, -0.25) is 4.79 Å². The van der Waals surface area contributed by atoms with Crippen molar-refractivity contribution in [1.29, 1.82) is 0 Å². The van der Waals surface area contributed by atoms with Crippen LogP contribution in [0.1, 0.15) is 71.3 Å². The second kappa shape index (κ2) is 13.2. The lowest BCUT2D eigenvalue weighted by Crippen LogP contribution is -2.61. The summed E-state index contributed by atoms with van der Waals surface area (Å²) in [5.41, 5.74) is -1.20. The van der Waals surface area contributed by atoms with E-state index in [0.717, 1.165) is 24.6 Å². The van der Waals surface area contributed by atoms with Gasteiger partial charge < -0.3 is 19.7 Å². The molecule has 1 aliphatic carbocycles. The number of nitrogens with one attached hydrogen (secondary N) is 2. The fourth-order valence-electron chi connectivity index (χ4n) is 6.74. The Bertz CT molecular complexity index is 1780. The zero-order valence-corrected chi connectivity index (χ0v) is 29.5. The van der Waals surface area contributed by atoms with Crippen LogP contribution in [0.15, 0.2) is 70.0 Å². The summed E-state index contributed by atoms with van der Waals surface area (Å²) in [5.74, 6) is -4.23. The van der Waals surface area contributed by atoms with Gasteiger partial charge in [-0.05, 0) is 113 Å². The van der Waals surface area contributed by atoms with Crippen LogP contribution in [0.4, 0.5) is 13.6 Å².